The Balaban J connectivity index is 2.10. The highest BCUT2D eigenvalue weighted by atomic mass is 16.5. The fourth-order valence-electron chi connectivity index (χ4n) is 2.14. The molecule has 3 rings (SSSR count). The van der Waals surface area contributed by atoms with E-state index in [0.717, 1.165) is 17.5 Å². The second kappa shape index (κ2) is 5.75. The molecule has 1 heterocycles. The van der Waals surface area contributed by atoms with Crippen molar-refractivity contribution in [2.45, 2.75) is 6.92 Å². The highest BCUT2D eigenvalue weighted by Crippen LogP contribution is 2.23. The van der Waals surface area contributed by atoms with Crippen LogP contribution < -0.4 is 10.1 Å². The third-order valence-corrected chi connectivity index (χ3v) is 3.14. The number of anilines is 1. The first-order chi connectivity index (χ1) is 10.3. The summed E-state index contributed by atoms with van der Waals surface area (Å²) in [6.45, 7) is 2.73. The molecule has 106 valence electrons. The standard InChI is InChI=1S/C16H16N4O/c1-3-17-15-18-14(19-16(20-15)21-2)13-9-8-11-6-4-5-7-12(11)10-13/h4-10H,3H2,1-2H3,(H,17,18,19,20). The molecule has 1 aromatic heterocycles. The largest absolute Gasteiger partial charge is 0.467 e. The Morgan fingerprint density at radius 3 is 2.57 bits per heavy atom. The van der Waals surface area contributed by atoms with Gasteiger partial charge < -0.3 is 10.1 Å². The Morgan fingerprint density at radius 1 is 1.00 bits per heavy atom. The average molecular weight is 280 g/mol. The van der Waals surface area contributed by atoms with Crippen LogP contribution in [0.1, 0.15) is 6.92 Å². The van der Waals surface area contributed by atoms with Gasteiger partial charge in [-0.15, -0.1) is 0 Å². The van der Waals surface area contributed by atoms with Crippen molar-refractivity contribution in [1.82, 2.24) is 15.0 Å². The van der Waals surface area contributed by atoms with E-state index in [1.165, 1.54) is 5.39 Å². The zero-order valence-electron chi connectivity index (χ0n) is 12.0. The third-order valence-electron chi connectivity index (χ3n) is 3.14. The lowest BCUT2D eigenvalue weighted by molar-refractivity contribution is 0.379. The molecule has 0 atom stereocenters. The van der Waals surface area contributed by atoms with Gasteiger partial charge in [0.1, 0.15) is 0 Å². The molecule has 0 aliphatic heterocycles. The van der Waals surface area contributed by atoms with Crippen LogP contribution in [0.15, 0.2) is 42.5 Å². The number of nitrogens with one attached hydrogen (secondary N) is 1. The molecule has 0 unspecified atom stereocenters. The molecule has 3 aromatic rings. The first kappa shape index (κ1) is 13.3. The zero-order valence-corrected chi connectivity index (χ0v) is 12.0. The number of fused-ring (bicyclic) bond motifs is 1. The Bertz CT molecular complexity index is 773. The SMILES string of the molecule is CCNc1nc(OC)nc(-c2ccc3ccccc3c2)n1. The quantitative estimate of drug-likeness (QED) is 0.795. The third kappa shape index (κ3) is 2.76. The smallest absolute Gasteiger partial charge is 0.321 e. The number of hydrogen-bond donors (Lipinski definition) is 1. The monoisotopic (exact) mass is 280 g/mol. The van der Waals surface area contributed by atoms with Crippen LogP contribution in [0.4, 0.5) is 5.95 Å². The van der Waals surface area contributed by atoms with Crippen molar-refractivity contribution in [1.29, 1.82) is 0 Å². The first-order valence-electron chi connectivity index (χ1n) is 6.83. The van der Waals surface area contributed by atoms with Crippen molar-refractivity contribution in [2.24, 2.45) is 0 Å². The van der Waals surface area contributed by atoms with Gasteiger partial charge in [0.2, 0.25) is 5.95 Å². The van der Waals surface area contributed by atoms with Gasteiger partial charge in [-0.1, -0.05) is 36.4 Å². The maximum absolute atomic E-state index is 5.15. The highest BCUT2D eigenvalue weighted by molar-refractivity contribution is 5.86. The van der Waals surface area contributed by atoms with Crippen molar-refractivity contribution in [3.63, 3.8) is 0 Å². The van der Waals surface area contributed by atoms with Crippen LogP contribution in [0, 0.1) is 0 Å². The molecule has 0 aliphatic carbocycles. The molecule has 5 heteroatoms. The molecular formula is C16H16N4O. The Hall–Kier alpha value is -2.69. The topological polar surface area (TPSA) is 59.9 Å². The number of aromatic nitrogens is 3. The molecule has 2 aromatic carbocycles. The number of nitrogens with zero attached hydrogens (tertiary/aromatic N) is 3. The molecule has 0 spiro atoms. The van der Waals surface area contributed by atoms with Crippen LogP contribution >= 0.6 is 0 Å². The summed E-state index contributed by atoms with van der Waals surface area (Å²) in [4.78, 5) is 12.9. The van der Waals surface area contributed by atoms with E-state index in [2.05, 4.69) is 44.5 Å². The maximum Gasteiger partial charge on any atom is 0.321 e. The Kier molecular flexibility index (Phi) is 3.64. The molecule has 0 saturated carbocycles. The second-order valence-corrected chi connectivity index (χ2v) is 4.56. The minimum atomic E-state index is 0.309. The van der Waals surface area contributed by atoms with Gasteiger partial charge in [0.25, 0.3) is 0 Å². The number of rotatable bonds is 4. The van der Waals surface area contributed by atoms with Gasteiger partial charge in [0, 0.05) is 12.1 Å². The van der Waals surface area contributed by atoms with Gasteiger partial charge in [0.05, 0.1) is 7.11 Å². The normalized spacial score (nSPS) is 10.6. The molecule has 1 N–H and O–H groups in total. The van der Waals surface area contributed by atoms with Gasteiger partial charge in [-0.2, -0.15) is 15.0 Å². The Labute approximate surface area is 123 Å². The molecule has 21 heavy (non-hydrogen) atoms. The van der Waals surface area contributed by atoms with Crippen molar-refractivity contribution < 1.29 is 4.74 Å². The molecule has 0 radical (unpaired) electrons. The van der Waals surface area contributed by atoms with Gasteiger partial charge in [-0.25, -0.2) is 0 Å². The van der Waals surface area contributed by atoms with E-state index in [4.69, 9.17) is 4.74 Å². The van der Waals surface area contributed by atoms with Gasteiger partial charge >= 0.3 is 6.01 Å². The van der Waals surface area contributed by atoms with E-state index in [-0.39, 0.29) is 0 Å². The molecule has 5 nitrogen and oxygen atoms in total. The number of methoxy groups -OCH3 is 1. The average Bonchev–Trinajstić information content (AvgIpc) is 2.54. The van der Waals surface area contributed by atoms with Crippen molar-refractivity contribution in [3.8, 4) is 17.4 Å². The summed E-state index contributed by atoms with van der Waals surface area (Å²) in [6.07, 6.45) is 0. The Morgan fingerprint density at radius 2 is 1.81 bits per heavy atom. The number of ether oxygens (including phenoxy) is 1. The first-order valence-corrected chi connectivity index (χ1v) is 6.83. The summed E-state index contributed by atoms with van der Waals surface area (Å²) in [6, 6.07) is 14.6. The van der Waals surface area contributed by atoms with Gasteiger partial charge in [0.15, 0.2) is 5.82 Å². The second-order valence-electron chi connectivity index (χ2n) is 4.56. The molecular weight excluding hydrogens is 264 g/mol. The molecule has 0 bridgehead atoms. The van der Waals surface area contributed by atoms with Gasteiger partial charge in [-0.05, 0) is 23.8 Å². The van der Waals surface area contributed by atoms with E-state index in [9.17, 15) is 0 Å². The van der Waals surface area contributed by atoms with Crippen molar-refractivity contribution >= 4 is 16.7 Å². The molecule has 0 fully saturated rings. The van der Waals surface area contributed by atoms with Crippen LogP contribution in [-0.2, 0) is 0 Å². The summed E-state index contributed by atoms with van der Waals surface area (Å²) >= 11 is 0. The van der Waals surface area contributed by atoms with Gasteiger partial charge in [-0.3, -0.25) is 0 Å². The van der Waals surface area contributed by atoms with Crippen LogP contribution in [0.5, 0.6) is 6.01 Å². The predicted molar refractivity (Wildman–Crippen MR) is 83.5 cm³/mol. The number of benzene rings is 2. The zero-order chi connectivity index (χ0) is 14.7. The minimum absolute atomic E-state index is 0.309. The van der Waals surface area contributed by atoms with Crippen LogP contribution in [0.25, 0.3) is 22.2 Å². The highest BCUT2D eigenvalue weighted by Gasteiger charge is 2.09. The lowest BCUT2D eigenvalue weighted by atomic mass is 10.1. The van der Waals surface area contributed by atoms with E-state index < -0.39 is 0 Å². The molecule has 0 aliphatic rings. The lowest BCUT2D eigenvalue weighted by Crippen LogP contribution is -2.06. The van der Waals surface area contributed by atoms with Crippen LogP contribution in [0.3, 0.4) is 0 Å². The summed E-state index contributed by atoms with van der Waals surface area (Å²) in [7, 11) is 1.55. The minimum Gasteiger partial charge on any atom is -0.467 e. The number of hydrogen-bond acceptors (Lipinski definition) is 5. The maximum atomic E-state index is 5.15. The van der Waals surface area contributed by atoms with E-state index in [0.29, 0.717) is 17.8 Å². The van der Waals surface area contributed by atoms with E-state index >= 15 is 0 Å². The van der Waals surface area contributed by atoms with E-state index in [1.807, 2.05) is 25.1 Å². The van der Waals surface area contributed by atoms with Crippen LogP contribution in [-0.4, -0.2) is 28.6 Å². The van der Waals surface area contributed by atoms with Crippen molar-refractivity contribution in [3.05, 3.63) is 42.5 Å². The molecule has 0 amide bonds. The summed E-state index contributed by atoms with van der Waals surface area (Å²) in [5.41, 5.74) is 0.938. The summed E-state index contributed by atoms with van der Waals surface area (Å²) < 4.78 is 5.15. The molecule has 0 saturated heterocycles. The lowest BCUT2D eigenvalue weighted by Gasteiger charge is -2.07. The summed E-state index contributed by atoms with van der Waals surface area (Å²) in [5.74, 6) is 1.12. The predicted octanol–water partition coefficient (Wildman–Crippen LogP) is 3.13. The van der Waals surface area contributed by atoms with Crippen LogP contribution in [0.2, 0.25) is 0 Å². The summed E-state index contributed by atoms with van der Waals surface area (Å²) in [5, 5.41) is 5.43. The fraction of sp³-hybridized carbons (Fsp3) is 0.188. The van der Waals surface area contributed by atoms with E-state index in [1.54, 1.807) is 7.11 Å². The fourth-order valence-corrected chi connectivity index (χ4v) is 2.14. The van der Waals surface area contributed by atoms with Crippen molar-refractivity contribution in [2.75, 3.05) is 19.0 Å².